The van der Waals surface area contributed by atoms with Crippen molar-refractivity contribution in [1.29, 1.82) is 0 Å². The maximum atomic E-state index is 9.61. The van der Waals surface area contributed by atoms with Crippen molar-refractivity contribution in [3.05, 3.63) is 12.1 Å². The average molecular weight is 213 g/mol. The standard InChI is InChI=1S/C10H15NO4/c1-13-8-5-7(15-4-3-11)6-9(14-2)10(8)12/h5-6,12H,3-4,11H2,1-2H3. The summed E-state index contributed by atoms with van der Waals surface area (Å²) in [6.45, 7) is 0.822. The highest BCUT2D eigenvalue weighted by atomic mass is 16.5. The van der Waals surface area contributed by atoms with Crippen LogP contribution in [0.25, 0.3) is 0 Å². The molecule has 15 heavy (non-hydrogen) atoms. The van der Waals surface area contributed by atoms with Crippen LogP contribution in [0.4, 0.5) is 0 Å². The molecule has 0 unspecified atom stereocenters. The Morgan fingerprint density at radius 3 is 2.13 bits per heavy atom. The lowest BCUT2D eigenvalue weighted by molar-refractivity contribution is 0.309. The van der Waals surface area contributed by atoms with Crippen molar-refractivity contribution in [3.63, 3.8) is 0 Å². The van der Waals surface area contributed by atoms with Gasteiger partial charge in [0.25, 0.3) is 0 Å². The zero-order valence-corrected chi connectivity index (χ0v) is 8.82. The SMILES string of the molecule is COc1cc(OCCN)cc(OC)c1O. The fraction of sp³-hybridized carbons (Fsp3) is 0.400. The molecule has 0 aromatic heterocycles. The Kier molecular flexibility index (Phi) is 4.05. The molecule has 0 radical (unpaired) electrons. The van der Waals surface area contributed by atoms with Gasteiger partial charge in [-0.1, -0.05) is 0 Å². The molecule has 1 aromatic carbocycles. The Hall–Kier alpha value is -1.62. The van der Waals surface area contributed by atoms with Gasteiger partial charge < -0.3 is 25.1 Å². The van der Waals surface area contributed by atoms with E-state index in [9.17, 15) is 5.11 Å². The molecule has 0 saturated carbocycles. The highest BCUT2D eigenvalue weighted by molar-refractivity contribution is 5.54. The van der Waals surface area contributed by atoms with Crippen LogP contribution < -0.4 is 19.9 Å². The summed E-state index contributed by atoms with van der Waals surface area (Å²) in [7, 11) is 2.92. The molecule has 0 aliphatic carbocycles. The van der Waals surface area contributed by atoms with Gasteiger partial charge in [-0.2, -0.15) is 0 Å². The van der Waals surface area contributed by atoms with E-state index in [2.05, 4.69) is 0 Å². The lowest BCUT2D eigenvalue weighted by atomic mass is 10.2. The van der Waals surface area contributed by atoms with Crippen molar-refractivity contribution in [3.8, 4) is 23.0 Å². The zero-order chi connectivity index (χ0) is 11.3. The van der Waals surface area contributed by atoms with E-state index >= 15 is 0 Å². The molecule has 0 amide bonds. The van der Waals surface area contributed by atoms with Gasteiger partial charge in [-0.15, -0.1) is 0 Å². The Bertz CT molecular complexity index is 302. The molecule has 0 saturated heterocycles. The van der Waals surface area contributed by atoms with Gasteiger partial charge >= 0.3 is 0 Å². The molecule has 0 spiro atoms. The second-order valence-corrected chi connectivity index (χ2v) is 2.81. The highest BCUT2D eigenvalue weighted by Crippen LogP contribution is 2.39. The first-order chi connectivity index (χ1) is 7.22. The Morgan fingerprint density at radius 2 is 1.73 bits per heavy atom. The molecule has 0 aliphatic rings. The van der Waals surface area contributed by atoms with Crippen molar-refractivity contribution >= 4 is 0 Å². The smallest absolute Gasteiger partial charge is 0.201 e. The normalized spacial score (nSPS) is 9.80. The third-order valence-corrected chi connectivity index (χ3v) is 1.84. The van der Waals surface area contributed by atoms with Crippen molar-refractivity contribution in [2.75, 3.05) is 27.4 Å². The van der Waals surface area contributed by atoms with Gasteiger partial charge in [0.1, 0.15) is 12.4 Å². The number of hydrogen-bond acceptors (Lipinski definition) is 5. The van der Waals surface area contributed by atoms with E-state index in [0.29, 0.717) is 30.4 Å². The van der Waals surface area contributed by atoms with Crippen LogP contribution in [-0.2, 0) is 0 Å². The summed E-state index contributed by atoms with van der Waals surface area (Å²) in [6, 6.07) is 3.15. The van der Waals surface area contributed by atoms with Gasteiger partial charge in [0, 0.05) is 18.7 Å². The molecule has 5 heteroatoms. The van der Waals surface area contributed by atoms with Crippen molar-refractivity contribution < 1.29 is 19.3 Å². The maximum absolute atomic E-state index is 9.61. The van der Waals surface area contributed by atoms with Crippen molar-refractivity contribution in [1.82, 2.24) is 0 Å². The Labute approximate surface area is 88.4 Å². The maximum Gasteiger partial charge on any atom is 0.201 e. The average Bonchev–Trinajstić information content (AvgIpc) is 2.27. The van der Waals surface area contributed by atoms with E-state index in [0.717, 1.165) is 0 Å². The Morgan fingerprint density at radius 1 is 1.20 bits per heavy atom. The molecule has 0 fully saturated rings. The predicted molar refractivity (Wildman–Crippen MR) is 55.8 cm³/mol. The molecule has 1 aromatic rings. The van der Waals surface area contributed by atoms with Crippen LogP contribution >= 0.6 is 0 Å². The number of benzene rings is 1. The monoisotopic (exact) mass is 213 g/mol. The van der Waals surface area contributed by atoms with Crippen molar-refractivity contribution in [2.24, 2.45) is 5.73 Å². The van der Waals surface area contributed by atoms with Crippen LogP contribution in [0.2, 0.25) is 0 Å². The molecule has 84 valence electrons. The van der Waals surface area contributed by atoms with Crippen LogP contribution in [0.15, 0.2) is 12.1 Å². The summed E-state index contributed by atoms with van der Waals surface area (Å²) in [5.41, 5.74) is 5.31. The Balaban J connectivity index is 2.98. The summed E-state index contributed by atoms with van der Waals surface area (Å²) in [4.78, 5) is 0. The minimum absolute atomic E-state index is 0.0416. The lowest BCUT2D eigenvalue weighted by Gasteiger charge is -2.11. The number of phenolic OH excluding ortho intramolecular Hbond substituents is 1. The van der Waals surface area contributed by atoms with E-state index < -0.39 is 0 Å². The topological polar surface area (TPSA) is 73.9 Å². The molecule has 0 bridgehead atoms. The summed E-state index contributed by atoms with van der Waals surface area (Å²) in [6.07, 6.45) is 0. The van der Waals surface area contributed by atoms with E-state index in [1.54, 1.807) is 12.1 Å². The molecule has 3 N–H and O–H groups in total. The second-order valence-electron chi connectivity index (χ2n) is 2.81. The number of aromatic hydroxyl groups is 1. The molecule has 0 heterocycles. The number of hydrogen-bond donors (Lipinski definition) is 2. The largest absolute Gasteiger partial charge is 0.502 e. The summed E-state index contributed by atoms with van der Waals surface area (Å²) < 4.78 is 15.2. The number of rotatable bonds is 5. The first kappa shape index (κ1) is 11.5. The molecule has 0 aliphatic heterocycles. The van der Waals surface area contributed by atoms with E-state index in [1.165, 1.54) is 14.2 Å². The van der Waals surface area contributed by atoms with Crippen LogP contribution in [-0.4, -0.2) is 32.5 Å². The minimum atomic E-state index is -0.0416. The second kappa shape index (κ2) is 5.31. The summed E-state index contributed by atoms with van der Waals surface area (Å²) >= 11 is 0. The molecule has 5 nitrogen and oxygen atoms in total. The fourth-order valence-corrected chi connectivity index (χ4v) is 1.13. The first-order valence-electron chi connectivity index (χ1n) is 4.50. The number of ether oxygens (including phenoxy) is 3. The van der Waals surface area contributed by atoms with Gasteiger partial charge in [-0.3, -0.25) is 0 Å². The van der Waals surface area contributed by atoms with Crippen LogP contribution in [0, 0.1) is 0 Å². The van der Waals surface area contributed by atoms with Crippen LogP contribution in [0.5, 0.6) is 23.0 Å². The van der Waals surface area contributed by atoms with Gasteiger partial charge in [-0.05, 0) is 0 Å². The number of phenols is 1. The lowest BCUT2D eigenvalue weighted by Crippen LogP contribution is -2.10. The van der Waals surface area contributed by atoms with Gasteiger partial charge in [0.2, 0.25) is 5.75 Å². The first-order valence-corrected chi connectivity index (χ1v) is 4.50. The number of nitrogens with two attached hydrogens (primary N) is 1. The van der Waals surface area contributed by atoms with E-state index in [4.69, 9.17) is 19.9 Å². The van der Waals surface area contributed by atoms with Gasteiger partial charge in [0.05, 0.1) is 14.2 Å². The third kappa shape index (κ3) is 2.66. The molecular weight excluding hydrogens is 198 g/mol. The van der Waals surface area contributed by atoms with E-state index in [1.807, 2.05) is 0 Å². The molecule has 1 rings (SSSR count). The van der Waals surface area contributed by atoms with E-state index in [-0.39, 0.29) is 5.75 Å². The van der Waals surface area contributed by atoms with Crippen molar-refractivity contribution in [2.45, 2.75) is 0 Å². The zero-order valence-electron chi connectivity index (χ0n) is 8.82. The summed E-state index contributed by atoms with van der Waals surface area (Å²) in [5, 5.41) is 9.61. The molecular formula is C10H15NO4. The fourth-order valence-electron chi connectivity index (χ4n) is 1.13. The molecule has 0 atom stereocenters. The summed E-state index contributed by atoms with van der Waals surface area (Å²) in [5.74, 6) is 1.12. The highest BCUT2D eigenvalue weighted by Gasteiger charge is 2.11. The minimum Gasteiger partial charge on any atom is -0.502 e. The quantitative estimate of drug-likeness (QED) is 0.754. The van der Waals surface area contributed by atoms with Crippen LogP contribution in [0.3, 0.4) is 0 Å². The predicted octanol–water partition coefficient (Wildman–Crippen LogP) is 0.747. The third-order valence-electron chi connectivity index (χ3n) is 1.84. The van der Waals surface area contributed by atoms with Gasteiger partial charge in [0.15, 0.2) is 11.5 Å². The number of methoxy groups -OCH3 is 2. The van der Waals surface area contributed by atoms with Crippen LogP contribution in [0.1, 0.15) is 0 Å². The van der Waals surface area contributed by atoms with Gasteiger partial charge in [-0.25, -0.2) is 0 Å².